The van der Waals surface area contributed by atoms with Crippen LogP contribution in [0.4, 0.5) is 0 Å². The van der Waals surface area contributed by atoms with E-state index in [2.05, 4.69) is 6.58 Å². The summed E-state index contributed by atoms with van der Waals surface area (Å²) < 4.78 is 67.7. The van der Waals surface area contributed by atoms with E-state index in [1.807, 2.05) is 0 Å². The molecule has 6 rings (SSSR count). The van der Waals surface area contributed by atoms with Gasteiger partial charge < -0.3 is 149 Å². The van der Waals surface area contributed by atoms with Crippen LogP contribution < -0.4 is 0 Å². The van der Waals surface area contributed by atoms with Crippen molar-refractivity contribution in [2.45, 2.75) is 191 Å². The average molecular weight is 1240 g/mol. The number of hydrogen-bond acceptors (Lipinski definition) is 29. The van der Waals surface area contributed by atoms with Crippen molar-refractivity contribution in [1.82, 2.24) is 0 Å². The van der Waals surface area contributed by atoms with E-state index in [1.165, 1.54) is 13.0 Å². The quantitative estimate of drug-likeness (QED) is 0.0567. The zero-order valence-corrected chi connectivity index (χ0v) is 42.2. The molecule has 0 aromatic rings. The number of hydrogen-bond donors (Lipinski definition) is 17. The topological polar surface area (TPSA) is 478 Å². The van der Waals surface area contributed by atoms with Crippen LogP contribution in [0.5, 0.6) is 0 Å². The Bertz CT molecular complexity index is 1580. The fraction of sp³-hybridized carbons (Fsp3) is 0.949. The molecule has 0 aromatic heterocycles. The second-order valence-corrected chi connectivity index (χ2v) is 17.4. The minimum Gasteiger partial charge on any atom is -0.668 e. The summed E-state index contributed by atoms with van der Waals surface area (Å²) in [4.78, 5) is 0. The van der Waals surface area contributed by atoms with E-state index in [0.29, 0.717) is 0 Å². The second-order valence-electron chi connectivity index (χ2n) is 17.4. The predicted molar refractivity (Wildman–Crippen MR) is 214 cm³/mol. The third kappa shape index (κ3) is 12.9. The molecular weight excluding hydrogens is 1170 g/mol. The summed E-state index contributed by atoms with van der Waals surface area (Å²) in [5, 5.41) is 181. The van der Waals surface area contributed by atoms with Crippen molar-refractivity contribution in [2.75, 3.05) is 39.6 Å². The van der Waals surface area contributed by atoms with Crippen LogP contribution >= 0.6 is 0 Å². The summed E-state index contributed by atoms with van der Waals surface area (Å²) in [6.45, 7) is 0.0177. The van der Waals surface area contributed by atoms with E-state index in [1.54, 1.807) is 0 Å². The van der Waals surface area contributed by atoms with Crippen molar-refractivity contribution in [3.05, 3.63) is 18.4 Å². The normalized spacial score (nSPS) is 51.4. The van der Waals surface area contributed by atoms with Crippen LogP contribution in [-0.4, -0.2) is 311 Å². The van der Waals surface area contributed by atoms with E-state index < -0.39 is 217 Å². The molecule has 6 aliphatic heterocycles. The minimum absolute atomic E-state index is 0. The fourth-order valence-electron chi connectivity index (χ4n) is 8.74. The molecule has 0 bridgehead atoms. The maximum atomic E-state index is 11.6. The van der Waals surface area contributed by atoms with Crippen LogP contribution in [0.3, 0.4) is 0 Å². The SMILES string of the molecule is C=CCO[C@@H]1OC(CO)[C@@H](O[C@@H]2OC(CO)[C@H](O[C@H]3OC(CO)[C@H](O)C(O[C@@H]4OC(CO)[C@H](O)[C@H](O[C@@H]5OC(CO)[C@H](O)[C@H](O)C5O[C@@H]5OC(C)[C@@H](O)[C@H](O)C5O)C4[NH-])[C@@H]3O)[C@H](O)C2O)[C@H](O)C1O.[Ac]. The van der Waals surface area contributed by atoms with Gasteiger partial charge in [-0.25, -0.2) is 0 Å². The largest absolute Gasteiger partial charge is 0.668 e. The van der Waals surface area contributed by atoms with Crippen molar-refractivity contribution >= 4 is 0 Å². The van der Waals surface area contributed by atoms with Crippen LogP contribution in [-0.2, 0) is 56.8 Å². The van der Waals surface area contributed by atoms with Gasteiger partial charge in [0.15, 0.2) is 31.5 Å². The first-order valence-electron chi connectivity index (χ1n) is 22.1. The first-order valence-corrected chi connectivity index (χ1v) is 22.1. The van der Waals surface area contributed by atoms with Crippen LogP contribution in [0, 0.1) is 44.1 Å². The first kappa shape index (κ1) is 60.8. The molecule has 70 heavy (non-hydrogen) atoms. The van der Waals surface area contributed by atoms with Crippen molar-refractivity contribution in [3.8, 4) is 0 Å². The molecule has 0 amide bonds. The van der Waals surface area contributed by atoms with Gasteiger partial charge in [-0.2, -0.15) is 0 Å². The van der Waals surface area contributed by atoms with E-state index in [-0.39, 0.29) is 50.7 Å². The molecule has 0 spiro atoms. The van der Waals surface area contributed by atoms with E-state index >= 15 is 0 Å². The average Bonchev–Trinajstić information content (AvgIpc) is 3.34. The maximum absolute atomic E-state index is 11.6. The van der Waals surface area contributed by atoms with Gasteiger partial charge in [0.2, 0.25) is 0 Å². The second kappa shape index (κ2) is 26.8. The van der Waals surface area contributed by atoms with Gasteiger partial charge >= 0.3 is 0 Å². The summed E-state index contributed by atoms with van der Waals surface area (Å²) in [7, 11) is 0. The molecule has 6 aliphatic rings. The van der Waals surface area contributed by atoms with E-state index in [0.717, 1.165) is 0 Å². The van der Waals surface area contributed by atoms with Crippen LogP contribution in [0.25, 0.3) is 5.73 Å². The molecule has 0 saturated carbocycles. The molecule has 1 radical (unpaired) electrons. The van der Waals surface area contributed by atoms with Gasteiger partial charge in [-0.1, -0.05) is 12.1 Å². The van der Waals surface area contributed by atoms with Crippen molar-refractivity contribution in [3.63, 3.8) is 0 Å². The Morgan fingerprint density at radius 2 is 0.757 bits per heavy atom. The third-order valence-corrected chi connectivity index (χ3v) is 12.8. The van der Waals surface area contributed by atoms with E-state index in [4.69, 9.17) is 62.6 Å². The Morgan fingerprint density at radius 3 is 1.30 bits per heavy atom. The van der Waals surface area contributed by atoms with Gasteiger partial charge in [0.1, 0.15) is 134 Å². The summed E-state index contributed by atoms with van der Waals surface area (Å²) in [5.41, 5.74) is 9.06. The van der Waals surface area contributed by atoms with Gasteiger partial charge in [0, 0.05) is 44.1 Å². The molecule has 6 saturated heterocycles. The molecule has 6 heterocycles. The van der Waals surface area contributed by atoms with Gasteiger partial charge in [-0.3, -0.25) is 0 Å². The smallest absolute Gasteiger partial charge is 0.187 e. The molecule has 0 aliphatic carbocycles. The van der Waals surface area contributed by atoms with Crippen LogP contribution in [0.1, 0.15) is 6.92 Å². The van der Waals surface area contributed by atoms with Crippen LogP contribution in [0.15, 0.2) is 12.7 Å². The molecule has 30 atom stereocenters. The van der Waals surface area contributed by atoms with Gasteiger partial charge in [0.05, 0.1) is 51.8 Å². The maximum Gasteiger partial charge on any atom is 0.187 e. The Morgan fingerprint density at radius 1 is 0.386 bits per heavy atom. The minimum atomic E-state index is -2.17. The molecule has 31 heteroatoms. The number of ether oxygens (including phenoxy) is 12. The van der Waals surface area contributed by atoms with Gasteiger partial charge in [-0.15, -0.1) is 6.58 Å². The fourth-order valence-corrected chi connectivity index (χ4v) is 8.74. The number of aliphatic hydroxyl groups excluding tert-OH is 17. The zero-order valence-electron chi connectivity index (χ0n) is 37.4. The number of rotatable bonds is 18. The van der Waals surface area contributed by atoms with E-state index in [9.17, 15) is 86.8 Å². The van der Waals surface area contributed by atoms with Gasteiger partial charge in [-0.05, 0) is 6.92 Å². The molecule has 405 valence electrons. The standard InChI is InChI=1S/C39H66NO29.Ac/c1-3-4-58-35-26(55)23(52)29(14(8-44)63-35)65-37-27(56)24(53)30(15(9-45)64-37)66-38-28(57)32(20(49)13(7-43)61-38)68-34-16(40)31(19(48)12(6-42)60-34)67-39-33(22(51)18(47)11(5-41)62-39)69-36-25(54)21(50)17(46)10(2)59-36;/h3,10-57H,1,4-9H2,2H3;/q-1;/t10?,11?,12?,13?,14?,15?,16?,17-,18+,19+,20+,21+,22+,23-,24-,25?,26?,27?,28+,29-,30+,31-,32?,33?,34+,35-,36+,37+,38-,39+;/m1./s1. The number of aliphatic hydroxyl groups is 17. The van der Waals surface area contributed by atoms with Crippen molar-refractivity contribution in [1.29, 1.82) is 0 Å². The Labute approximate surface area is 434 Å². The Kier molecular flexibility index (Phi) is 23.3. The zero-order chi connectivity index (χ0) is 50.8. The Balaban J connectivity index is 0.00000913. The molecular formula is C39H66AcNO29-. The van der Waals surface area contributed by atoms with Gasteiger partial charge in [0.25, 0.3) is 0 Å². The molecule has 18 N–H and O–H groups in total. The number of nitrogens with one attached hydrogen (secondary N) is 1. The molecule has 0 aromatic carbocycles. The molecule has 30 nitrogen and oxygen atoms in total. The monoisotopic (exact) mass is 1240 g/mol. The van der Waals surface area contributed by atoms with Crippen molar-refractivity contribution < 1.29 is 188 Å². The summed E-state index contributed by atoms with van der Waals surface area (Å²) in [6, 6.07) is -1.98. The Hall–Kier alpha value is -0.0184. The third-order valence-electron chi connectivity index (χ3n) is 12.8. The summed E-state index contributed by atoms with van der Waals surface area (Å²) >= 11 is 0. The first-order chi connectivity index (χ1) is 32.8. The van der Waals surface area contributed by atoms with Crippen LogP contribution in [0.2, 0.25) is 0 Å². The molecule has 12 unspecified atom stereocenters. The van der Waals surface area contributed by atoms with Crippen molar-refractivity contribution in [2.24, 2.45) is 0 Å². The predicted octanol–water partition coefficient (Wildman–Crippen LogP) is -10.8. The summed E-state index contributed by atoms with van der Waals surface area (Å²) in [6.07, 6.45) is -51.2. The molecule has 6 fully saturated rings. The summed E-state index contributed by atoms with van der Waals surface area (Å²) in [5.74, 6) is 0.